The molecular formula is C28H25NO5. The van der Waals surface area contributed by atoms with E-state index >= 15 is 0 Å². The Labute approximate surface area is 197 Å². The zero-order valence-corrected chi connectivity index (χ0v) is 19.4. The van der Waals surface area contributed by atoms with Crippen molar-refractivity contribution in [3.8, 4) is 11.5 Å². The van der Waals surface area contributed by atoms with Gasteiger partial charge in [0.15, 0.2) is 5.54 Å². The van der Waals surface area contributed by atoms with Gasteiger partial charge in [-0.15, -0.1) is 0 Å². The highest BCUT2D eigenvalue weighted by Crippen LogP contribution is 2.63. The summed E-state index contributed by atoms with van der Waals surface area (Å²) in [5, 5.41) is 19.0. The van der Waals surface area contributed by atoms with E-state index in [9.17, 15) is 9.90 Å². The number of carbonyl (C=O) groups is 1. The van der Waals surface area contributed by atoms with E-state index in [-0.39, 0.29) is 0 Å². The summed E-state index contributed by atoms with van der Waals surface area (Å²) in [6.45, 7) is 5.42. The van der Waals surface area contributed by atoms with Crippen LogP contribution in [0, 0.1) is 0 Å². The summed E-state index contributed by atoms with van der Waals surface area (Å²) in [6.07, 6.45) is -0.641. The van der Waals surface area contributed by atoms with Crippen molar-refractivity contribution in [2.24, 2.45) is 0 Å². The van der Waals surface area contributed by atoms with E-state index in [1.807, 2.05) is 66.7 Å². The standard InChI is InChI=1S/C28H25NO5/c1-26(2,3)34-25(30)29-27-20-9-5-7-16-8-6-10-21(23(16)20)28(27,31)33-22-14-11-17-15-18(32-4)12-13-19(17)24(22)27/h5-15,31H,1-4H3,(H,29,30)/t27-,28+/m1/s1. The number of alkyl carbamates (subject to hydrolysis) is 1. The molecule has 172 valence electrons. The fourth-order valence-electron chi connectivity index (χ4n) is 5.47. The fraction of sp³-hybridized carbons (Fsp3) is 0.250. The molecule has 6 heteroatoms. The van der Waals surface area contributed by atoms with Crippen LogP contribution in [0.25, 0.3) is 21.5 Å². The normalized spacial score (nSPS) is 22.3. The molecule has 0 saturated heterocycles. The molecule has 0 spiro atoms. The van der Waals surface area contributed by atoms with Gasteiger partial charge >= 0.3 is 6.09 Å². The van der Waals surface area contributed by atoms with Gasteiger partial charge in [0.05, 0.1) is 7.11 Å². The molecule has 1 aliphatic carbocycles. The average Bonchev–Trinajstić information content (AvgIpc) is 3.16. The summed E-state index contributed by atoms with van der Waals surface area (Å²) in [6, 6.07) is 21.1. The van der Waals surface area contributed by atoms with Gasteiger partial charge in [-0.05, 0) is 66.1 Å². The van der Waals surface area contributed by atoms with Crippen molar-refractivity contribution in [1.82, 2.24) is 5.32 Å². The first-order chi connectivity index (χ1) is 16.2. The highest BCUT2D eigenvalue weighted by Gasteiger charge is 2.68. The van der Waals surface area contributed by atoms with Crippen LogP contribution >= 0.6 is 0 Å². The van der Waals surface area contributed by atoms with Crippen LogP contribution in [0.5, 0.6) is 11.5 Å². The van der Waals surface area contributed by atoms with Gasteiger partial charge in [0.25, 0.3) is 5.79 Å². The smallest absolute Gasteiger partial charge is 0.408 e. The molecule has 0 saturated carbocycles. The van der Waals surface area contributed by atoms with Crippen LogP contribution in [-0.2, 0) is 16.1 Å². The number of hydrogen-bond acceptors (Lipinski definition) is 5. The van der Waals surface area contributed by atoms with Gasteiger partial charge in [-0.3, -0.25) is 0 Å². The van der Waals surface area contributed by atoms with Crippen molar-refractivity contribution in [2.45, 2.75) is 37.7 Å². The quantitative estimate of drug-likeness (QED) is 0.428. The summed E-state index contributed by atoms with van der Waals surface area (Å²) in [5.41, 5.74) is -0.0811. The highest BCUT2D eigenvalue weighted by atomic mass is 16.6. The third-order valence-electron chi connectivity index (χ3n) is 6.69. The molecule has 2 atom stereocenters. The van der Waals surface area contributed by atoms with Crippen LogP contribution in [0.2, 0.25) is 0 Å². The van der Waals surface area contributed by atoms with E-state index in [4.69, 9.17) is 14.2 Å². The number of carbonyl (C=O) groups excluding carboxylic acids is 1. The van der Waals surface area contributed by atoms with Gasteiger partial charge in [0, 0.05) is 11.1 Å². The van der Waals surface area contributed by atoms with Gasteiger partial charge < -0.3 is 24.6 Å². The van der Waals surface area contributed by atoms with Crippen LogP contribution < -0.4 is 14.8 Å². The van der Waals surface area contributed by atoms with Crippen LogP contribution in [0.3, 0.4) is 0 Å². The number of hydrogen-bond donors (Lipinski definition) is 2. The Morgan fingerprint density at radius 3 is 2.41 bits per heavy atom. The van der Waals surface area contributed by atoms with Crippen molar-refractivity contribution >= 4 is 27.6 Å². The van der Waals surface area contributed by atoms with E-state index in [1.165, 1.54) is 0 Å². The minimum absolute atomic E-state index is 0.503. The summed E-state index contributed by atoms with van der Waals surface area (Å²) < 4.78 is 17.4. The molecule has 2 aliphatic rings. The third kappa shape index (κ3) is 2.57. The summed E-state index contributed by atoms with van der Waals surface area (Å²) >= 11 is 0. The van der Waals surface area contributed by atoms with Crippen LogP contribution in [0.4, 0.5) is 4.79 Å². The Bertz CT molecular complexity index is 1500. The summed E-state index contributed by atoms with van der Waals surface area (Å²) in [4.78, 5) is 13.3. The zero-order valence-electron chi connectivity index (χ0n) is 19.4. The molecule has 0 bridgehead atoms. The van der Waals surface area contributed by atoms with E-state index < -0.39 is 23.0 Å². The molecule has 6 nitrogen and oxygen atoms in total. The van der Waals surface area contributed by atoms with Crippen molar-refractivity contribution in [2.75, 3.05) is 7.11 Å². The van der Waals surface area contributed by atoms with Crippen molar-refractivity contribution in [3.05, 3.63) is 83.4 Å². The predicted molar refractivity (Wildman–Crippen MR) is 129 cm³/mol. The van der Waals surface area contributed by atoms with Crippen molar-refractivity contribution in [3.63, 3.8) is 0 Å². The zero-order chi connectivity index (χ0) is 23.9. The predicted octanol–water partition coefficient (Wildman–Crippen LogP) is 5.32. The molecule has 0 radical (unpaired) electrons. The van der Waals surface area contributed by atoms with Crippen LogP contribution in [-0.4, -0.2) is 23.9 Å². The van der Waals surface area contributed by atoms with Gasteiger partial charge in [-0.2, -0.15) is 0 Å². The lowest BCUT2D eigenvalue weighted by molar-refractivity contribution is -0.173. The first-order valence-electron chi connectivity index (χ1n) is 11.2. The number of nitrogens with one attached hydrogen (secondary N) is 1. The van der Waals surface area contributed by atoms with E-state index in [2.05, 4.69) is 5.32 Å². The number of fused-ring (bicyclic) bond motifs is 7. The number of methoxy groups -OCH3 is 1. The van der Waals surface area contributed by atoms with Gasteiger partial charge in [0.2, 0.25) is 0 Å². The second-order valence-corrected chi connectivity index (χ2v) is 9.86. The molecule has 0 aromatic heterocycles. The molecule has 2 N–H and O–H groups in total. The maximum Gasteiger partial charge on any atom is 0.408 e. The second kappa shape index (κ2) is 6.64. The van der Waals surface area contributed by atoms with Crippen molar-refractivity contribution < 1.29 is 24.1 Å². The SMILES string of the molecule is COc1ccc2c3c(ccc2c1)O[C@@]1(O)c2cccc4cccc(c24)[C@@]31NC(=O)OC(C)(C)C. The van der Waals surface area contributed by atoms with Gasteiger partial charge in [0.1, 0.15) is 17.1 Å². The van der Waals surface area contributed by atoms with E-state index in [0.29, 0.717) is 22.6 Å². The lowest BCUT2D eigenvalue weighted by Crippen LogP contribution is -2.58. The average molecular weight is 456 g/mol. The maximum atomic E-state index is 13.3. The first-order valence-corrected chi connectivity index (χ1v) is 11.2. The lowest BCUT2D eigenvalue weighted by atomic mass is 9.78. The van der Waals surface area contributed by atoms with Gasteiger partial charge in [-0.25, -0.2) is 4.79 Å². The highest BCUT2D eigenvalue weighted by molar-refractivity contribution is 6.00. The Kier molecular flexibility index (Phi) is 4.06. The van der Waals surface area contributed by atoms with Crippen LogP contribution in [0.15, 0.2) is 66.7 Å². The first kappa shape index (κ1) is 20.8. The van der Waals surface area contributed by atoms with E-state index in [0.717, 1.165) is 27.1 Å². The molecule has 0 unspecified atom stereocenters. The molecule has 1 amide bonds. The van der Waals surface area contributed by atoms with Crippen LogP contribution in [0.1, 0.15) is 37.5 Å². The Morgan fingerprint density at radius 1 is 0.971 bits per heavy atom. The molecule has 4 aromatic rings. The maximum absolute atomic E-state index is 13.3. The molecular weight excluding hydrogens is 430 g/mol. The third-order valence-corrected chi connectivity index (χ3v) is 6.69. The monoisotopic (exact) mass is 455 g/mol. The Balaban J connectivity index is 1.70. The molecule has 1 aliphatic heterocycles. The summed E-state index contributed by atoms with van der Waals surface area (Å²) in [5.74, 6) is -0.640. The molecule has 6 rings (SSSR count). The number of ether oxygens (including phenoxy) is 3. The Hall–Kier alpha value is -3.77. The fourth-order valence-corrected chi connectivity index (χ4v) is 5.47. The molecule has 34 heavy (non-hydrogen) atoms. The number of aliphatic hydroxyl groups is 1. The minimum Gasteiger partial charge on any atom is -0.497 e. The topological polar surface area (TPSA) is 77.0 Å². The van der Waals surface area contributed by atoms with Crippen molar-refractivity contribution in [1.29, 1.82) is 0 Å². The molecule has 4 aromatic carbocycles. The number of rotatable bonds is 2. The molecule has 1 heterocycles. The Morgan fingerprint density at radius 2 is 1.71 bits per heavy atom. The number of benzene rings is 4. The minimum atomic E-state index is -1.86. The lowest BCUT2D eigenvalue weighted by Gasteiger charge is -2.38. The molecule has 0 fully saturated rings. The number of amides is 1. The second-order valence-electron chi connectivity index (χ2n) is 9.86. The largest absolute Gasteiger partial charge is 0.497 e. The van der Waals surface area contributed by atoms with Gasteiger partial charge in [-0.1, -0.05) is 48.5 Å². The summed E-state index contributed by atoms with van der Waals surface area (Å²) in [7, 11) is 1.62. The van der Waals surface area contributed by atoms with E-state index in [1.54, 1.807) is 27.9 Å².